The molecule has 1 aliphatic carbocycles. The number of carbonyl (C=O) groups excluding carboxylic acids is 6. The lowest BCUT2D eigenvalue weighted by atomic mass is 9.64. The predicted molar refractivity (Wildman–Crippen MR) is 428 cm³/mol. The van der Waals surface area contributed by atoms with Crippen LogP contribution in [0.3, 0.4) is 0 Å². The van der Waals surface area contributed by atoms with Crippen LogP contribution >= 0.6 is 0 Å². The number of piperidine rings is 5. The minimum absolute atomic E-state index is 0.0146. The molecule has 0 bridgehead atoms. The van der Waals surface area contributed by atoms with Gasteiger partial charge in [-0.25, -0.2) is 29.5 Å². The number of aryl methyl sites for hydroxylation is 2. The zero-order chi connectivity index (χ0) is 78.8. The Bertz CT molecular complexity index is 5570. The summed E-state index contributed by atoms with van der Waals surface area (Å²) < 4.78 is 10.2. The number of aliphatic imine (C=N–C) groups is 1. The first-order valence-electron chi connectivity index (χ1n) is 40.0. The molecule has 6 amide bonds. The molecule has 2 aromatic carbocycles. The molecule has 5 saturated heterocycles. The second-order valence-electron chi connectivity index (χ2n) is 32.8. The molecule has 5 N–H and O–H groups in total. The standard InChI is InChI=1S/C84H97N21O8/c1-48(2)91-64-37-71(102-32-23-53-34-50(39-85)41-89-77(53)102)87-43-61(64)79(108)93-57-15-14-55(46-99-27-20-52(21-28-99)59-10-8-12-67-75(59)97(6)83(112)104(67)69-16-18-73(106)94-80(69)109)60(36-57)63-47-101(82(111)62-44-88-72(38-65(62)92-49(3)4)103-33-24-54-35-51(40-86)42-90-78(54)103)29-22-56(63)45-96(5)58-25-30-100(31-26-58)66-11-9-13-68-76(66)98(7)84(113)105(68)70-17-19-74(107)95-81(70)110/h8-13,23-24,32-35,37,41-44,48-49,52,55-58,60,63,65,69-70,92H,14-22,25-31,36,38,45-47H2,1-7H3,(H,87,91)(H,93,108)(H,94,106,109)(H,95,107,110)/t55-,56?,57+,60?,63?,65?,69?,70?/m1/s1. The van der Waals surface area contributed by atoms with Gasteiger partial charge in [-0.2, -0.15) is 10.5 Å². The maximum absolute atomic E-state index is 15.9. The Kier molecular flexibility index (Phi) is 20.9. The molecule has 113 heavy (non-hydrogen) atoms. The van der Waals surface area contributed by atoms with E-state index in [9.17, 15) is 39.3 Å². The molecule has 6 fully saturated rings. The number of nitrogens with one attached hydrogen (secondary N) is 5. The number of benzene rings is 2. The molecule has 586 valence electrons. The topological polar surface area (TPSA) is 338 Å². The summed E-state index contributed by atoms with van der Waals surface area (Å²) in [5, 5.41) is 36.7. The highest BCUT2D eigenvalue weighted by molar-refractivity contribution is 6.03. The zero-order valence-corrected chi connectivity index (χ0v) is 65.0. The van der Waals surface area contributed by atoms with Crippen LogP contribution in [0.15, 0.2) is 124 Å². The van der Waals surface area contributed by atoms with Crippen molar-refractivity contribution in [1.82, 2.24) is 78.3 Å². The van der Waals surface area contributed by atoms with Gasteiger partial charge in [0.25, 0.3) is 11.8 Å². The van der Waals surface area contributed by atoms with E-state index in [1.807, 2.05) is 90.0 Å². The molecular weight excluding hydrogens is 1430 g/mol. The first-order chi connectivity index (χ1) is 54.6. The van der Waals surface area contributed by atoms with Crippen LogP contribution in [0.2, 0.25) is 0 Å². The van der Waals surface area contributed by atoms with Gasteiger partial charge in [-0.05, 0) is 176 Å². The van der Waals surface area contributed by atoms with Crippen molar-refractivity contribution in [2.24, 2.45) is 42.8 Å². The number of hydrogen-bond acceptors (Lipinski definition) is 19. The Morgan fingerprint density at radius 3 is 1.93 bits per heavy atom. The molecule has 9 aromatic rings. The molecule has 7 aromatic heterocycles. The fourth-order valence-electron chi connectivity index (χ4n) is 19.5. The van der Waals surface area contributed by atoms with Crippen molar-refractivity contribution >= 4 is 96.8 Å². The summed E-state index contributed by atoms with van der Waals surface area (Å²) in [6, 6.07) is 23.5. The van der Waals surface area contributed by atoms with Gasteiger partial charge in [0.2, 0.25) is 23.6 Å². The second-order valence-corrected chi connectivity index (χ2v) is 32.8. The molecule has 13 heterocycles. The summed E-state index contributed by atoms with van der Waals surface area (Å²) in [7, 11) is 5.75. The summed E-state index contributed by atoms with van der Waals surface area (Å²) in [5.41, 5.74) is 8.05. The van der Waals surface area contributed by atoms with Gasteiger partial charge in [-0.15, -0.1) is 0 Å². The smallest absolute Gasteiger partial charge is 0.329 e. The first-order valence-corrected chi connectivity index (χ1v) is 40.0. The van der Waals surface area contributed by atoms with E-state index in [-0.39, 0.29) is 120 Å². The van der Waals surface area contributed by atoms with E-state index in [4.69, 9.17) is 9.98 Å². The van der Waals surface area contributed by atoms with Gasteiger partial charge < -0.3 is 35.6 Å². The lowest BCUT2D eigenvalue weighted by molar-refractivity contribution is -0.137. The highest BCUT2D eigenvalue weighted by Gasteiger charge is 2.46. The number of amides is 6. The van der Waals surface area contributed by atoms with E-state index in [0.717, 1.165) is 110 Å². The van der Waals surface area contributed by atoms with Crippen molar-refractivity contribution in [3.63, 3.8) is 0 Å². The summed E-state index contributed by atoms with van der Waals surface area (Å²) in [5.74, 6) is -0.270. The molecule has 16 rings (SSSR count). The van der Waals surface area contributed by atoms with E-state index >= 15 is 9.59 Å². The van der Waals surface area contributed by atoms with Gasteiger partial charge >= 0.3 is 11.4 Å². The van der Waals surface area contributed by atoms with Crippen molar-refractivity contribution in [1.29, 1.82) is 10.5 Å². The van der Waals surface area contributed by atoms with Crippen LogP contribution in [0.25, 0.3) is 50.0 Å². The third-order valence-corrected chi connectivity index (χ3v) is 25.1. The molecule has 6 aliphatic heterocycles. The molecule has 29 nitrogen and oxygen atoms in total. The van der Waals surface area contributed by atoms with Gasteiger partial charge in [0.05, 0.1) is 55.7 Å². The monoisotopic (exact) mass is 1530 g/mol. The van der Waals surface area contributed by atoms with Gasteiger partial charge in [0.15, 0.2) is 0 Å². The second kappa shape index (κ2) is 31.3. The molecular formula is C84H97N21O8. The van der Waals surface area contributed by atoms with Gasteiger partial charge in [-0.1, -0.05) is 32.0 Å². The number of para-hydroxylation sites is 2. The molecule has 29 heteroatoms. The Morgan fingerprint density at radius 1 is 0.664 bits per heavy atom. The number of pyridine rings is 3. The highest BCUT2D eigenvalue weighted by Crippen LogP contribution is 2.45. The van der Waals surface area contributed by atoms with Crippen LogP contribution in [0, 0.1) is 46.3 Å². The number of imidazole rings is 2. The van der Waals surface area contributed by atoms with Crippen molar-refractivity contribution in [2.45, 2.75) is 159 Å². The number of anilines is 2. The number of aromatic nitrogens is 9. The largest absolute Gasteiger partial charge is 0.382 e. The molecule has 7 aliphatic rings. The molecule has 0 spiro atoms. The van der Waals surface area contributed by atoms with Crippen molar-refractivity contribution in [2.75, 3.05) is 69.6 Å². The molecule has 1 saturated carbocycles. The zero-order valence-electron chi connectivity index (χ0n) is 65.0. The third-order valence-electron chi connectivity index (χ3n) is 25.1. The number of likely N-dealkylation sites (tertiary alicyclic amines) is 2. The lowest BCUT2D eigenvalue weighted by Crippen LogP contribution is -2.55. The lowest BCUT2D eigenvalue weighted by Gasteiger charge is -2.50. The van der Waals surface area contributed by atoms with Crippen molar-refractivity contribution < 1.29 is 28.8 Å². The van der Waals surface area contributed by atoms with Gasteiger partial charge in [0.1, 0.15) is 47.2 Å². The Balaban J connectivity index is 0.714. The van der Waals surface area contributed by atoms with E-state index in [1.54, 1.807) is 57.0 Å². The van der Waals surface area contributed by atoms with Crippen molar-refractivity contribution in [3.8, 4) is 18.0 Å². The summed E-state index contributed by atoms with van der Waals surface area (Å²) in [4.78, 5) is 139. The van der Waals surface area contributed by atoms with Crippen LogP contribution in [0.1, 0.15) is 156 Å². The van der Waals surface area contributed by atoms with Crippen LogP contribution in [0.4, 0.5) is 11.4 Å². The number of imide groups is 2. The number of fused-ring (bicyclic) bond motifs is 4. The molecule has 8 atom stereocenters. The third kappa shape index (κ3) is 14.6. The molecule has 0 radical (unpaired) electrons. The SMILES string of the molecule is CC(C)Nc1cc(-n2ccc3cc(C#N)cnc32)ncc1C(=O)N[C@H]1CC[C@H](CN2CCC(c3cccc4c3n(C)c(=O)n4C3CCC(=O)NC3=O)CC2)C(C2CN(C(=O)C3=CN=C(n4ccc5cc(C#N)cnc54)CC3NC(C)C)CCC2CN(C)C2CCN(c3cccc4c3n(C)c(=O)n4C3CCC(=O)NC3=O)CC2)C1. The number of nitriles is 2. The number of nitrogens with zero attached hydrogens (tertiary/aromatic N) is 16. The van der Waals surface area contributed by atoms with E-state index in [1.165, 1.54) is 6.20 Å². The Labute approximate surface area is 653 Å². The van der Waals surface area contributed by atoms with Gasteiger partial charge in [0, 0.05) is 157 Å². The van der Waals surface area contributed by atoms with Crippen molar-refractivity contribution in [3.05, 3.63) is 153 Å². The van der Waals surface area contributed by atoms with E-state index in [2.05, 4.69) is 95.3 Å². The minimum Gasteiger partial charge on any atom is -0.382 e. The maximum Gasteiger partial charge on any atom is 0.329 e. The van der Waals surface area contributed by atoms with Crippen LogP contribution in [0.5, 0.6) is 0 Å². The van der Waals surface area contributed by atoms with Crippen LogP contribution in [-0.4, -0.2) is 188 Å². The maximum atomic E-state index is 15.9. The summed E-state index contributed by atoms with van der Waals surface area (Å²) in [6.07, 6.45) is 17.7. The normalized spacial score (nSPS) is 23.2. The fourth-order valence-corrected chi connectivity index (χ4v) is 19.5. The van der Waals surface area contributed by atoms with E-state index < -0.39 is 23.9 Å². The summed E-state index contributed by atoms with van der Waals surface area (Å²) in [6.45, 7) is 13.8. The Morgan fingerprint density at radius 2 is 1.29 bits per heavy atom. The minimum atomic E-state index is -0.802. The first kappa shape index (κ1) is 75.6. The fraction of sp³-hybridized carbons (Fsp3) is 0.476. The number of hydrogen-bond donors (Lipinski definition) is 5. The average Bonchev–Trinajstić information content (AvgIpc) is 1.61. The molecule has 6 unspecified atom stereocenters. The predicted octanol–water partition coefficient (Wildman–Crippen LogP) is 7.66. The summed E-state index contributed by atoms with van der Waals surface area (Å²) >= 11 is 0. The quantitative estimate of drug-likeness (QED) is 0.0515. The average molecular weight is 1530 g/mol. The van der Waals surface area contributed by atoms with E-state index in [0.29, 0.717) is 95.1 Å². The number of rotatable bonds is 18. The van der Waals surface area contributed by atoms with Gasteiger partial charge in [-0.3, -0.25) is 66.8 Å². The Hall–Kier alpha value is -11.4. The number of carbonyl (C=O) groups is 6. The highest BCUT2D eigenvalue weighted by atomic mass is 16.2. The van der Waals surface area contributed by atoms with Crippen LogP contribution < -0.4 is 42.9 Å². The van der Waals surface area contributed by atoms with Crippen LogP contribution in [-0.2, 0) is 38.1 Å².